The van der Waals surface area contributed by atoms with E-state index in [0.29, 0.717) is 16.7 Å². The second-order valence-electron chi connectivity index (χ2n) is 22.7. The second-order valence-corrected chi connectivity index (χ2v) is 22.7. The molecule has 0 bridgehead atoms. The molecule has 0 saturated heterocycles. The van der Waals surface area contributed by atoms with Crippen LogP contribution >= 0.6 is 0 Å². The van der Waals surface area contributed by atoms with E-state index in [9.17, 15) is 24.0 Å². The minimum absolute atomic E-state index is 0.0127. The number of Topliss-reactive ketones (excluding diaryl/α,β-unsaturated/α-hetero) is 1. The third kappa shape index (κ3) is 22.5. The molecule has 15 nitrogen and oxygen atoms in total. The zero-order valence-corrected chi connectivity index (χ0v) is 56.4. The molecule has 12 aromatic rings. The van der Waals surface area contributed by atoms with E-state index in [4.69, 9.17) is 10.8 Å². The second kappa shape index (κ2) is 35.7. The zero-order chi connectivity index (χ0) is 70.0. The number of nitrogens with zero attached hydrogens (tertiary/aromatic N) is 7. The van der Waals surface area contributed by atoms with Gasteiger partial charge < -0.3 is 21.1 Å². The molecule has 6 aromatic carbocycles. The van der Waals surface area contributed by atoms with E-state index in [1.165, 1.54) is 11.1 Å². The largest absolute Gasteiger partial charge is 0.478 e. The van der Waals surface area contributed by atoms with Crippen LogP contribution in [0.3, 0.4) is 0 Å². The van der Waals surface area contributed by atoms with Crippen molar-refractivity contribution in [2.75, 3.05) is 21.1 Å². The molecule has 6 aromatic heterocycles. The minimum Gasteiger partial charge on any atom is -0.478 e. The highest BCUT2D eigenvalue weighted by Crippen LogP contribution is 2.24. The fourth-order valence-corrected chi connectivity index (χ4v) is 9.39. The lowest BCUT2D eigenvalue weighted by Crippen LogP contribution is -2.21. The number of primary amides is 1. The summed E-state index contributed by atoms with van der Waals surface area (Å²) < 4.78 is 0. The number of rotatable bonds is 11. The van der Waals surface area contributed by atoms with Gasteiger partial charge in [-0.1, -0.05) is 139 Å². The summed E-state index contributed by atoms with van der Waals surface area (Å²) in [5, 5.41) is 11.4. The molecule has 0 radical (unpaired) electrons. The van der Waals surface area contributed by atoms with Gasteiger partial charge in [-0.15, -0.1) is 0 Å². The van der Waals surface area contributed by atoms with Crippen molar-refractivity contribution in [2.24, 2.45) is 5.73 Å². The lowest BCUT2D eigenvalue weighted by Gasteiger charge is -2.10. The number of amides is 3. The Labute approximate surface area is 567 Å². The molecule has 6 heterocycles. The monoisotopic (exact) mass is 1290 g/mol. The van der Waals surface area contributed by atoms with Crippen molar-refractivity contribution < 1.29 is 29.1 Å². The van der Waals surface area contributed by atoms with Crippen LogP contribution in [0.2, 0.25) is 0 Å². The van der Waals surface area contributed by atoms with Gasteiger partial charge in [-0.2, -0.15) is 0 Å². The number of carbonyl (C=O) groups is 5. The summed E-state index contributed by atoms with van der Waals surface area (Å²) in [5.74, 6) is -1.30. The number of nitrogens with two attached hydrogens (primary N) is 1. The first-order chi connectivity index (χ1) is 46.5. The minimum atomic E-state index is -0.913. The van der Waals surface area contributed by atoms with Crippen molar-refractivity contribution >= 4 is 29.5 Å². The normalized spacial score (nSPS) is 10.1. The summed E-state index contributed by atoms with van der Waals surface area (Å²) in [7, 11) is 5.12. The van der Waals surface area contributed by atoms with Crippen LogP contribution in [0.1, 0.15) is 98.4 Å². The van der Waals surface area contributed by atoms with Gasteiger partial charge >= 0.3 is 5.97 Å². The first-order valence-electron chi connectivity index (χ1n) is 31.2. The molecule has 488 valence electrons. The molecule has 97 heavy (non-hydrogen) atoms. The number of aromatic carboxylic acids is 1. The number of pyridine rings is 6. The van der Waals surface area contributed by atoms with Gasteiger partial charge in [-0.25, -0.2) is 4.79 Å². The molecule has 12 rings (SSSR count). The van der Waals surface area contributed by atoms with Crippen LogP contribution in [0, 0.1) is 48.5 Å². The Morgan fingerprint density at radius 2 is 0.567 bits per heavy atom. The Morgan fingerprint density at radius 1 is 0.330 bits per heavy atom. The van der Waals surface area contributed by atoms with Crippen molar-refractivity contribution in [2.45, 2.75) is 55.4 Å². The summed E-state index contributed by atoms with van der Waals surface area (Å²) in [5.41, 5.74) is 27.0. The Hall–Kier alpha value is -12.2. The summed E-state index contributed by atoms with van der Waals surface area (Å²) in [6, 6.07) is 80.2. The summed E-state index contributed by atoms with van der Waals surface area (Å²) in [4.78, 5) is 84.0. The van der Waals surface area contributed by atoms with Crippen molar-refractivity contribution in [1.29, 1.82) is 0 Å². The Balaban J connectivity index is 0.000000164. The van der Waals surface area contributed by atoms with Crippen LogP contribution in [0.15, 0.2) is 255 Å². The number of ketones is 1. The van der Waals surface area contributed by atoms with Gasteiger partial charge in [0, 0.05) is 111 Å². The van der Waals surface area contributed by atoms with E-state index in [1.807, 2.05) is 224 Å². The number of nitrogens with one attached hydrogen (secondary N) is 1. The molecule has 3 amide bonds. The Bertz CT molecular complexity index is 4360. The average Bonchev–Trinajstić information content (AvgIpc) is 0.998. The van der Waals surface area contributed by atoms with Gasteiger partial charge in [0.25, 0.3) is 11.8 Å². The topological polar surface area (TPSA) is 224 Å². The molecule has 0 unspecified atom stereocenters. The highest BCUT2D eigenvalue weighted by atomic mass is 16.4. The van der Waals surface area contributed by atoms with Crippen molar-refractivity contribution in [3.8, 4) is 67.5 Å². The van der Waals surface area contributed by atoms with E-state index >= 15 is 0 Å². The molecule has 0 atom stereocenters. The lowest BCUT2D eigenvalue weighted by atomic mass is 10.1. The maximum atomic E-state index is 11.8. The van der Waals surface area contributed by atoms with Crippen LogP contribution in [0.5, 0.6) is 0 Å². The quantitative estimate of drug-likeness (QED) is 0.103. The van der Waals surface area contributed by atoms with E-state index in [0.717, 1.165) is 102 Å². The Kier molecular flexibility index (Phi) is 26.6. The molecule has 0 saturated carbocycles. The molecule has 15 heteroatoms. The van der Waals surface area contributed by atoms with Gasteiger partial charge in [-0.3, -0.25) is 49.1 Å². The molecule has 4 N–H and O–H groups in total. The summed E-state index contributed by atoms with van der Waals surface area (Å²) >= 11 is 0. The standard InChI is InChI=1S/C15H16N2O.C14H14N2O.C14H13NO.C13H12N2O.C13H11NO2.C13H13N/c1-11-5-4-6-14(16-11)12-7-9-13(10-8-12)15(18)17(2)3;1-10-4-3-5-13(16-10)11-6-8-12(9-7-11)14(17)15-2;1-10-4-3-5-14(15-10)13-8-6-12(7-9-13)11(2)16;1-9-3-2-4-12(15-9)10-5-7-11(8-6-10)13(14)16;1-9-3-2-4-12(14-9)10-5-7-11(8-6-10)13(15)16;1-10-6-8-12(9-7-10)13-5-3-4-11(2)14-13/h4-10H,1-3H3;3-9H,1-2H3,(H,15,17);3-9H,1-2H3;2-8H,1H3,(H2,14,16);2-8H,1H3,(H,15,16);3-9H,1-2H3. The number of carboxylic acids is 1. The van der Waals surface area contributed by atoms with Crippen LogP contribution < -0.4 is 11.1 Å². The van der Waals surface area contributed by atoms with E-state index < -0.39 is 11.9 Å². The maximum absolute atomic E-state index is 11.8. The predicted octanol–water partition coefficient (Wildman–Crippen LogP) is 16.7. The molecule has 0 aliphatic carbocycles. The van der Waals surface area contributed by atoms with Gasteiger partial charge in [0.05, 0.1) is 39.7 Å². The SMILES string of the molecule is CC(=O)c1ccc(-c2cccc(C)n2)cc1.CNC(=O)c1ccc(-c2cccc(C)n2)cc1.Cc1ccc(-c2cccc(C)n2)cc1.Cc1cccc(-c2ccc(C(=O)N(C)C)cc2)n1.Cc1cccc(-c2ccc(C(=O)O)cc2)n1.Cc1cccc(-c2ccc(C(N)=O)cc2)n1. The predicted molar refractivity (Wildman–Crippen MR) is 388 cm³/mol. The average molecular weight is 1290 g/mol. The number of hydrogen-bond donors (Lipinski definition) is 3. The molecule has 0 fully saturated rings. The van der Waals surface area contributed by atoms with Gasteiger partial charge in [0.15, 0.2) is 5.78 Å². The van der Waals surface area contributed by atoms with E-state index in [1.54, 1.807) is 81.5 Å². The first kappa shape index (κ1) is 72.2. The van der Waals surface area contributed by atoms with Crippen molar-refractivity contribution in [1.82, 2.24) is 40.1 Å². The van der Waals surface area contributed by atoms with Crippen LogP contribution in [0.4, 0.5) is 0 Å². The zero-order valence-electron chi connectivity index (χ0n) is 56.4. The smallest absolute Gasteiger partial charge is 0.335 e. The molecule has 0 aliphatic heterocycles. The molecule has 0 spiro atoms. The first-order valence-corrected chi connectivity index (χ1v) is 31.2. The van der Waals surface area contributed by atoms with Gasteiger partial charge in [0.1, 0.15) is 0 Å². The van der Waals surface area contributed by atoms with Crippen LogP contribution in [-0.2, 0) is 0 Å². The number of aromatic nitrogens is 6. The van der Waals surface area contributed by atoms with Gasteiger partial charge in [-0.05, 0) is 177 Å². The van der Waals surface area contributed by atoms with Gasteiger partial charge in [0.2, 0.25) is 5.91 Å². The van der Waals surface area contributed by atoms with E-state index in [-0.39, 0.29) is 23.2 Å². The highest BCUT2D eigenvalue weighted by molar-refractivity contribution is 5.96. The fraction of sp³-hybridized carbons (Fsp3) is 0.134. The number of carbonyl (C=O) groups excluding carboxylic acids is 4. The van der Waals surface area contributed by atoms with Crippen molar-refractivity contribution in [3.05, 3.63) is 322 Å². The fourth-order valence-electron chi connectivity index (χ4n) is 9.39. The van der Waals surface area contributed by atoms with Crippen molar-refractivity contribution in [3.63, 3.8) is 0 Å². The molecular weight excluding hydrogens is 1210 g/mol. The number of hydrogen-bond acceptors (Lipinski definition) is 11. The number of benzene rings is 6. The lowest BCUT2D eigenvalue weighted by molar-refractivity contribution is 0.0695. The van der Waals surface area contributed by atoms with Crippen LogP contribution in [0.25, 0.3) is 67.5 Å². The Morgan fingerprint density at radius 3 is 0.794 bits per heavy atom. The van der Waals surface area contributed by atoms with E-state index in [2.05, 4.69) is 66.4 Å². The molecular formula is C82H79N9O6. The number of carboxylic acid groups (broad SMARTS) is 1. The van der Waals surface area contributed by atoms with Crippen LogP contribution in [-0.4, -0.2) is 90.5 Å². The maximum Gasteiger partial charge on any atom is 0.335 e. The number of aryl methyl sites for hydroxylation is 7. The highest BCUT2D eigenvalue weighted by Gasteiger charge is 2.10. The third-order valence-electron chi connectivity index (χ3n) is 14.7. The summed E-state index contributed by atoms with van der Waals surface area (Å²) in [6.07, 6.45) is 0. The molecule has 0 aliphatic rings. The third-order valence-corrected chi connectivity index (χ3v) is 14.7. The summed E-state index contributed by atoms with van der Waals surface area (Å²) in [6.45, 7) is 15.4.